The fourth-order valence-electron chi connectivity index (χ4n) is 3.97. The van der Waals surface area contributed by atoms with Crippen LogP contribution in [0.2, 0.25) is 0 Å². The van der Waals surface area contributed by atoms with Crippen molar-refractivity contribution in [2.24, 2.45) is 0 Å². The average molecular weight is 490 g/mol. The number of halogens is 2. The number of aryl methyl sites for hydroxylation is 1. The highest BCUT2D eigenvalue weighted by atomic mass is 19.1. The Hall–Kier alpha value is -4.26. The smallest absolute Gasteiger partial charge is 0.303 e. The molecule has 4 aromatic rings. The number of fused-ring (bicyclic) bond motifs is 1. The van der Waals surface area contributed by atoms with Gasteiger partial charge in [0, 0.05) is 18.1 Å². The molecule has 0 aliphatic carbocycles. The molecule has 0 radical (unpaired) electrons. The molecule has 0 saturated carbocycles. The molecule has 4 aromatic carbocycles. The molecule has 0 fully saturated rings. The van der Waals surface area contributed by atoms with Crippen LogP contribution in [0.3, 0.4) is 0 Å². The molecule has 0 bridgehead atoms. The van der Waals surface area contributed by atoms with E-state index in [0.717, 1.165) is 34.5 Å². The first-order valence-electron chi connectivity index (χ1n) is 11.5. The zero-order valence-corrected chi connectivity index (χ0v) is 19.6. The van der Waals surface area contributed by atoms with E-state index in [9.17, 15) is 18.4 Å². The largest absolute Gasteiger partial charge is 0.486 e. The molecule has 0 heterocycles. The van der Waals surface area contributed by atoms with Crippen molar-refractivity contribution in [3.8, 4) is 5.75 Å². The van der Waals surface area contributed by atoms with Crippen LogP contribution in [0.4, 0.5) is 8.78 Å². The van der Waals surface area contributed by atoms with E-state index in [1.807, 2.05) is 49.4 Å². The normalized spacial score (nSPS) is 11.8. The molecule has 0 aliphatic heterocycles. The van der Waals surface area contributed by atoms with Gasteiger partial charge in [0.15, 0.2) is 11.6 Å². The van der Waals surface area contributed by atoms with Crippen LogP contribution >= 0.6 is 0 Å². The maximum Gasteiger partial charge on any atom is 0.303 e. The molecule has 7 heteroatoms. The number of carbonyl (C=O) groups excluding carboxylic acids is 1. The van der Waals surface area contributed by atoms with Crippen molar-refractivity contribution < 1.29 is 28.2 Å². The van der Waals surface area contributed by atoms with Crippen LogP contribution in [-0.4, -0.2) is 17.0 Å². The SMILES string of the molecule is CC(NC(=O)c1cc(COc2cc(F)ccc2F)ccc1CCC(=O)O)c1ccc2ccccc2c1. The summed E-state index contributed by atoms with van der Waals surface area (Å²) >= 11 is 0. The van der Waals surface area contributed by atoms with E-state index >= 15 is 0 Å². The summed E-state index contributed by atoms with van der Waals surface area (Å²) in [5.41, 5.74) is 2.36. The van der Waals surface area contributed by atoms with Crippen molar-refractivity contribution in [2.75, 3.05) is 0 Å². The molecule has 4 rings (SSSR count). The lowest BCUT2D eigenvalue weighted by Crippen LogP contribution is -2.28. The minimum atomic E-state index is -0.972. The third kappa shape index (κ3) is 6.05. The maximum atomic E-state index is 13.9. The van der Waals surface area contributed by atoms with Gasteiger partial charge in [0.05, 0.1) is 6.04 Å². The van der Waals surface area contributed by atoms with Crippen LogP contribution < -0.4 is 10.1 Å². The number of hydrogen-bond acceptors (Lipinski definition) is 3. The fourth-order valence-corrected chi connectivity index (χ4v) is 3.97. The van der Waals surface area contributed by atoms with Gasteiger partial charge >= 0.3 is 5.97 Å². The highest BCUT2D eigenvalue weighted by Gasteiger charge is 2.17. The van der Waals surface area contributed by atoms with E-state index in [-0.39, 0.29) is 37.1 Å². The lowest BCUT2D eigenvalue weighted by atomic mass is 9.98. The Morgan fingerprint density at radius 1 is 0.944 bits per heavy atom. The molecular formula is C29H25F2NO4. The third-order valence-electron chi connectivity index (χ3n) is 5.94. The van der Waals surface area contributed by atoms with Gasteiger partial charge in [0.25, 0.3) is 5.91 Å². The van der Waals surface area contributed by atoms with Crippen molar-refractivity contribution in [3.63, 3.8) is 0 Å². The summed E-state index contributed by atoms with van der Waals surface area (Å²) < 4.78 is 32.8. The molecule has 0 spiro atoms. The lowest BCUT2D eigenvalue weighted by molar-refractivity contribution is -0.136. The molecule has 5 nitrogen and oxygen atoms in total. The molecule has 1 unspecified atom stereocenters. The van der Waals surface area contributed by atoms with Gasteiger partial charge < -0.3 is 15.2 Å². The number of benzene rings is 4. The number of carboxylic acids is 1. The van der Waals surface area contributed by atoms with Crippen molar-refractivity contribution in [1.29, 1.82) is 0 Å². The second-order valence-electron chi connectivity index (χ2n) is 8.55. The van der Waals surface area contributed by atoms with Gasteiger partial charge in [-0.25, -0.2) is 8.78 Å². The molecule has 0 aliphatic rings. The summed E-state index contributed by atoms with van der Waals surface area (Å²) in [7, 11) is 0. The summed E-state index contributed by atoms with van der Waals surface area (Å²) in [6, 6.07) is 21.5. The zero-order chi connectivity index (χ0) is 25.7. The number of carbonyl (C=O) groups is 2. The summed E-state index contributed by atoms with van der Waals surface area (Å²) in [6.07, 6.45) is 0.0347. The fraction of sp³-hybridized carbons (Fsp3) is 0.172. The van der Waals surface area contributed by atoms with E-state index < -0.39 is 17.6 Å². The topological polar surface area (TPSA) is 75.6 Å². The molecule has 2 N–H and O–H groups in total. The number of aliphatic carboxylic acids is 1. The van der Waals surface area contributed by atoms with E-state index in [4.69, 9.17) is 9.84 Å². The van der Waals surface area contributed by atoms with E-state index in [1.54, 1.807) is 18.2 Å². The summed E-state index contributed by atoms with van der Waals surface area (Å²) in [5.74, 6) is -2.90. The molecule has 0 aromatic heterocycles. The minimum absolute atomic E-state index is 0.0971. The first-order valence-corrected chi connectivity index (χ1v) is 11.5. The number of ether oxygens (including phenoxy) is 1. The van der Waals surface area contributed by atoms with E-state index in [0.29, 0.717) is 16.7 Å². The Morgan fingerprint density at radius 2 is 1.72 bits per heavy atom. The van der Waals surface area contributed by atoms with Crippen molar-refractivity contribution in [1.82, 2.24) is 5.32 Å². The van der Waals surface area contributed by atoms with Crippen molar-refractivity contribution in [2.45, 2.75) is 32.4 Å². The predicted octanol–water partition coefficient (Wildman–Crippen LogP) is 6.21. The lowest BCUT2D eigenvalue weighted by Gasteiger charge is -2.18. The van der Waals surface area contributed by atoms with Gasteiger partial charge in [0.1, 0.15) is 12.4 Å². The molecule has 184 valence electrons. The Kier molecular flexibility index (Phi) is 7.59. The Bertz CT molecular complexity index is 1420. The van der Waals surface area contributed by atoms with Crippen LogP contribution in [0.1, 0.15) is 46.4 Å². The van der Waals surface area contributed by atoms with Gasteiger partial charge in [0.2, 0.25) is 0 Å². The Labute approximate surface area is 207 Å². The molecule has 0 saturated heterocycles. The monoisotopic (exact) mass is 489 g/mol. The number of nitrogens with one attached hydrogen (secondary N) is 1. The van der Waals surface area contributed by atoms with Gasteiger partial charge in [-0.2, -0.15) is 0 Å². The van der Waals surface area contributed by atoms with Gasteiger partial charge in [-0.05, 0) is 65.1 Å². The highest BCUT2D eigenvalue weighted by molar-refractivity contribution is 5.96. The van der Waals surface area contributed by atoms with Gasteiger partial charge in [-0.15, -0.1) is 0 Å². The van der Waals surface area contributed by atoms with E-state index in [2.05, 4.69) is 5.32 Å². The van der Waals surface area contributed by atoms with Crippen molar-refractivity contribution in [3.05, 3.63) is 113 Å². The second-order valence-corrected chi connectivity index (χ2v) is 8.55. The molecular weight excluding hydrogens is 464 g/mol. The summed E-state index contributed by atoms with van der Waals surface area (Å²) in [6.45, 7) is 1.78. The standard InChI is InChI=1S/C29H25F2NO4/c1-18(22-9-8-20-4-2-3-5-23(20)15-22)32-29(35)25-14-19(6-7-21(25)10-13-28(33)34)17-36-27-16-24(30)11-12-26(27)31/h2-9,11-12,14-16,18H,10,13,17H2,1H3,(H,32,35)(H,33,34). The Morgan fingerprint density at radius 3 is 2.50 bits per heavy atom. The van der Waals surface area contributed by atoms with Crippen LogP contribution in [0.5, 0.6) is 5.75 Å². The van der Waals surface area contributed by atoms with E-state index in [1.165, 1.54) is 0 Å². The first kappa shape index (κ1) is 24.9. The summed E-state index contributed by atoms with van der Waals surface area (Å²) in [4.78, 5) is 24.4. The molecule has 36 heavy (non-hydrogen) atoms. The van der Waals surface area contributed by atoms with Crippen LogP contribution in [0, 0.1) is 11.6 Å². The first-order chi connectivity index (χ1) is 17.3. The molecule has 1 atom stereocenters. The third-order valence-corrected chi connectivity index (χ3v) is 5.94. The second kappa shape index (κ2) is 11.0. The number of hydrogen-bond donors (Lipinski definition) is 2. The highest BCUT2D eigenvalue weighted by Crippen LogP contribution is 2.23. The van der Waals surface area contributed by atoms with Crippen molar-refractivity contribution >= 4 is 22.6 Å². The van der Waals surface area contributed by atoms with Gasteiger partial charge in [-0.3, -0.25) is 9.59 Å². The zero-order valence-electron chi connectivity index (χ0n) is 19.6. The molecule has 1 amide bonds. The minimum Gasteiger partial charge on any atom is -0.486 e. The summed E-state index contributed by atoms with van der Waals surface area (Å²) in [5, 5.41) is 14.3. The quantitative estimate of drug-likeness (QED) is 0.293. The number of amides is 1. The number of carboxylic acid groups (broad SMARTS) is 1. The van der Waals surface area contributed by atoms with Crippen LogP contribution in [-0.2, 0) is 17.8 Å². The average Bonchev–Trinajstić information content (AvgIpc) is 2.87. The number of rotatable bonds is 9. The maximum absolute atomic E-state index is 13.9. The Balaban J connectivity index is 1.55. The van der Waals surface area contributed by atoms with Crippen LogP contribution in [0.15, 0.2) is 78.9 Å². The predicted molar refractivity (Wildman–Crippen MR) is 133 cm³/mol. The van der Waals surface area contributed by atoms with Crippen LogP contribution in [0.25, 0.3) is 10.8 Å². The van der Waals surface area contributed by atoms with Gasteiger partial charge in [-0.1, -0.05) is 48.5 Å².